The Morgan fingerprint density at radius 1 is 1.43 bits per heavy atom. The van der Waals surface area contributed by atoms with E-state index in [1.807, 2.05) is 13.8 Å². The molecule has 0 aromatic carbocycles. The zero-order chi connectivity index (χ0) is 15.8. The zero-order valence-corrected chi connectivity index (χ0v) is 13.7. The number of urea groups is 1. The van der Waals surface area contributed by atoms with Crippen LogP contribution < -0.4 is 16.4 Å². The molecule has 0 aliphatic carbocycles. The Morgan fingerprint density at radius 3 is 2.71 bits per heavy atom. The summed E-state index contributed by atoms with van der Waals surface area (Å²) >= 11 is 2.60. The van der Waals surface area contributed by atoms with E-state index in [4.69, 9.17) is 10.5 Å². The van der Waals surface area contributed by atoms with E-state index in [0.717, 1.165) is 0 Å². The van der Waals surface area contributed by atoms with Crippen molar-refractivity contribution >= 4 is 40.2 Å². The van der Waals surface area contributed by atoms with Crippen molar-refractivity contribution in [1.82, 2.24) is 15.5 Å². The lowest BCUT2D eigenvalue weighted by molar-refractivity contribution is -0.120. The number of hydrogen-bond donors (Lipinski definition) is 3. The van der Waals surface area contributed by atoms with E-state index in [2.05, 4.69) is 20.8 Å². The first-order valence-electron chi connectivity index (χ1n) is 6.27. The fourth-order valence-electron chi connectivity index (χ4n) is 1.38. The summed E-state index contributed by atoms with van der Waals surface area (Å²) in [7, 11) is 1.62. The van der Waals surface area contributed by atoms with Crippen LogP contribution >= 0.6 is 23.1 Å². The van der Waals surface area contributed by atoms with Gasteiger partial charge in [0.2, 0.25) is 11.0 Å². The van der Waals surface area contributed by atoms with Gasteiger partial charge in [0.05, 0.1) is 11.9 Å². The molecule has 1 heterocycles. The van der Waals surface area contributed by atoms with Crippen LogP contribution in [0.3, 0.4) is 0 Å². The number of hydrogen-bond acceptors (Lipinski definition) is 8. The number of nitrogens with two attached hydrogens (primary N) is 1. The Morgan fingerprint density at radius 2 is 2.14 bits per heavy atom. The van der Waals surface area contributed by atoms with Crippen LogP contribution in [0.25, 0.3) is 0 Å². The van der Waals surface area contributed by atoms with Gasteiger partial charge < -0.3 is 15.8 Å². The Kier molecular flexibility index (Phi) is 7.40. The molecule has 4 N–H and O–H groups in total. The fraction of sp³-hybridized carbons (Fsp3) is 0.636. The predicted molar refractivity (Wildman–Crippen MR) is 82.5 cm³/mol. The van der Waals surface area contributed by atoms with Crippen molar-refractivity contribution in [3.63, 3.8) is 0 Å². The molecule has 118 valence electrons. The summed E-state index contributed by atoms with van der Waals surface area (Å²) in [6.45, 7) is 4.97. The van der Waals surface area contributed by atoms with Gasteiger partial charge in [-0.3, -0.25) is 10.1 Å². The molecule has 1 rings (SSSR count). The lowest BCUT2D eigenvalue weighted by atomic mass is 10.1. The van der Waals surface area contributed by atoms with Gasteiger partial charge in [0.1, 0.15) is 0 Å². The second-order valence-electron chi connectivity index (χ2n) is 4.43. The number of carbonyl (C=O) groups excluding carboxylic acids is 2. The summed E-state index contributed by atoms with van der Waals surface area (Å²) in [6.07, 6.45) is 0. The Hall–Kier alpha value is -1.39. The maximum absolute atomic E-state index is 11.9. The van der Waals surface area contributed by atoms with Crippen molar-refractivity contribution in [2.75, 3.05) is 25.6 Å². The number of anilines is 1. The van der Waals surface area contributed by atoms with Crippen LogP contribution in [0.15, 0.2) is 4.34 Å². The molecule has 21 heavy (non-hydrogen) atoms. The number of ether oxygens (including phenoxy) is 1. The van der Waals surface area contributed by atoms with E-state index in [9.17, 15) is 9.59 Å². The molecule has 8 nitrogen and oxygen atoms in total. The number of carbonyl (C=O) groups is 2. The first-order valence-corrected chi connectivity index (χ1v) is 7.97. The zero-order valence-electron chi connectivity index (χ0n) is 12.1. The quantitative estimate of drug-likeness (QED) is 0.478. The highest BCUT2D eigenvalue weighted by Gasteiger charge is 2.26. The van der Waals surface area contributed by atoms with Gasteiger partial charge in [0.15, 0.2) is 4.34 Å². The average molecular weight is 333 g/mol. The lowest BCUT2D eigenvalue weighted by Gasteiger charge is -2.16. The van der Waals surface area contributed by atoms with Crippen LogP contribution in [0.4, 0.5) is 9.93 Å². The maximum Gasteiger partial charge on any atom is 0.318 e. The molecule has 3 amide bonds. The molecule has 0 saturated carbocycles. The highest BCUT2D eigenvalue weighted by molar-refractivity contribution is 8.02. The molecule has 1 aromatic rings. The fourth-order valence-corrected chi connectivity index (χ4v) is 3.37. The summed E-state index contributed by atoms with van der Waals surface area (Å²) in [6, 6.07) is -0.856. The largest absolute Gasteiger partial charge is 0.383 e. The highest BCUT2D eigenvalue weighted by atomic mass is 32.2. The minimum atomic E-state index is -0.856. The Balaban J connectivity index is 2.63. The predicted octanol–water partition coefficient (Wildman–Crippen LogP) is 0.908. The number of amides is 3. The van der Waals surface area contributed by atoms with Crippen LogP contribution in [0.2, 0.25) is 0 Å². The second-order valence-corrected chi connectivity index (χ2v) is 6.79. The van der Waals surface area contributed by atoms with Gasteiger partial charge in [-0.2, -0.15) is 0 Å². The molecule has 0 spiro atoms. The van der Waals surface area contributed by atoms with Crippen molar-refractivity contribution in [2.24, 2.45) is 11.7 Å². The summed E-state index contributed by atoms with van der Waals surface area (Å²) in [5, 5.41) is 13.3. The Labute approximate surface area is 131 Å². The smallest absolute Gasteiger partial charge is 0.318 e. The third-order valence-electron chi connectivity index (χ3n) is 2.33. The summed E-state index contributed by atoms with van der Waals surface area (Å²) in [5.41, 5.74) is 4.97. The van der Waals surface area contributed by atoms with Gasteiger partial charge in [0.25, 0.3) is 0 Å². The molecule has 0 aliphatic rings. The van der Waals surface area contributed by atoms with Crippen molar-refractivity contribution in [3.8, 4) is 0 Å². The van der Waals surface area contributed by atoms with Crippen LogP contribution in [0.1, 0.15) is 13.8 Å². The topological polar surface area (TPSA) is 119 Å². The van der Waals surface area contributed by atoms with E-state index in [1.54, 1.807) is 7.11 Å². The minimum absolute atomic E-state index is 0.0168. The van der Waals surface area contributed by atoms with E-state index in [-0.39, 0.29) is 5.92 Å². The van der Waals surface area contributed by atoms with Crippen LogP contribution in [0, 0.1) is 5.92 Å². The second kappa shape index (κ2) is 8.80. The third-order valence-corrected chi connectivity index (χ3v) is 4.84. The van der Waals surface area contributed by atoms with Gasteiger partial charge in [0, 0.05) is 13.7 Å². The maximum atomic E-state index is 11.9. The molecule has 0 radical (unpaired) electrons. The summed E-state index contributed by atoms with van der Waals surface area (Å²) < 4.78 is 5.57. The molecular weight excluding hydrogens is 314 g/mol. The summed E-state index contributed by atoms with van der Waals surface area (Å²) in [4.78, 5) is 22.7. The molecule has 0 bridgehead atoms. The first kappa shape index (κ1) is 17.7. The molecule has 0 aliphatic heterocycles. The molecule has 1 aromatic heterocycles. The number of nitrogens with one attached hydrogen (secondary N) is 2. The number of imide groups is 1. The number of thioether (sulfide) groups is 1. The van der Waals surface area contributed by atoms with E-state index in [1.165, 1.54) is 23.1 Å². The minimum Gasteiger partial charge on any atom is -0.383 e. The summed E-state index contributed by atoms with van der Waals surface area (Å²) in [5.74, 6) is -0.408. The van der Waals surface area contributed by atoms with Crippen LogP contribution in [-0.4, -0.2) is 47.6 Å². The molecular formula is C11H19N5O3S2. The van der Waals surface area contributed by atoms with Gasteiger partial charge in [-0.05, 0) is 5.92 Å². The van der Waals surface area contributed by atoms with Crippen LogP contribution in [-0.2, 0) is 9.53 Å². The standard InChI is InChI=1S/C11H19N5O3S2/c1-6(2)7(8(17)14-9(12)18)20-11-16-15-10(21-11)13-4-5-19-3/h6-7H,4-5H2,1-3H3,(H,13,15)(H3,12,14,17,18)/t7-/m1/s1. The average Bonchev–Trinajstić information content (AvgIpc) is 2.82. The van der Waals surface area contributed by atoms with E-state index >= 15 is 0 Å². The molecule has 1 atom stereocenters. The van der Waals surface area contributed by atoms with Crippen molar-refractivity contribution < 1.29 is 14.3 Å². The highest BCUT2D eigenvalue weighted by Crippen LogP contribution is 2.32. The van der Waals surface area contributed by atoms with Crippen molar-refractivity contribution in [3.05, 3.63) is 0 Å². The van der Waals surface area contributed by atoms with Crippen LogP contribution in [0.5, 0.6) is 0 Å². The number of nitrogens with zero attached hydrogens (tertiary/aromatic N) is 2. The third kappa shape index (κ3) is 6.27. The molecule has 10 heteroatoms. The normalized spacial score (nSPS) is 12.2. The molecule has 0 fully saturated rings. The number of primary amides is 1. The van der Waals surface area contributed by atoms with E-state index < -0.39 is 17.2 Å². The number of aromatic nitrogens is 2. The number of rotatable bonds is 8. The van der Waals surface area contributed by atoms with E-state index in [0.29, 0.717) is 22.6 Å². The van der Waals surface area contributed by atoms with Gasteiger partial charge in [-0.1, -0.05) is 36.9 Å². The molecule has 0 unspecified atom stereocenters. The number of methoxy groups -OCH3 is 1. The van der Waals surface area contributed by atoms with Gasteiger partial charge in [-0.15, -0.1) is 10.2 Å². The lowest BCUT2D eigenvalue weighted by Crippen LogP contribution is -2.42. The van der Waals surface area contributed by atoms with Gasteiger partial charge in [-0.25, -0.2) is 4.79 Å². The monoisotopic (exact) mass is 333 g/mol. The SMILES string of the molecule is COCCNc1nnc(S[C@@H](C(=O)NC(N)=O)C(C)C)s1. The van der Waals surface area contributed by atoms with Crippen molar-refractivity contribution in [1.29, 1.82) is 0 Å². The Bertz CT molecular complexity index is 480. The van der Waals surface area contributed by atoms with Gasteiger partial charge >= 0.3 is 6.03 Å². The first-order chi connectivity index (χ1) is 9.93. The van der Waals surface area contributed by atoms with Crippen molar-refractivity contribution in [2.45, 2.75) is 23.4 Å². The molecule has 0 saturated heterocycles.